The zero-order valence-corrected chi connectivity index (χ0v) is 8.47. The van der Waals surface area contributed by atoms with Crippen molar-refractivity contribution in [3.8, 4) is 0 Å². The number of hydrogen-bond acceptors (Lipinski definition) is 3. The Bertz CT molecular complexity index is 360. The Morgan fingerprint density at radius 2 is 2.07 bits per heavy atom. The predicted molar refractivity (Wildman–Crippen MR) is 57.9 cm³/mol. The van der Waals surface area contributed by atoms with E-state index < -0.39 is 5.97 Å². The number of aliphatic carboxylic acids is 1. The van der Waals surface area contributed by atoms with E-state index in [1.165, 1.54) is 0 Å². The summed E-state index contributed by atoms with van der Waals surface area (Å²) in [6.45, 7) is 1.91. The van der Waals surface area contributed by atoms with Crippen LogP contribution in [0.1, 0.15) is 18.5 Å². The highest BCUT2D eigenvalue weighted by Crippen LogP contribution is 2.11. The molecule has 0 aromatic heterocycles. The molecule has 0 radical (unpaired) electrons. The van der Waals surface area contributed by atoms with E-state index in [-0.39, 0.29) is 11.9 Å². The highest BCUT2D eigenvalue weighted by Gasteiger charge is 2.04. The molecule has 0 saturated heterocycles. The van der Waals surface area contributed by atoms with E-state index in [1.54, 1.807) is 0 Å². The molecular weight excluding hydrogens is 192 g/mol. The molecule has 0 bridgehead atoms. The van der Waals surface area contributed by atoms with E-state index in [0.29, 0.717) is 0 Å². The molecule has 0 heterocycles. The minimum Gasteiger partial charge on any atom is -0.478 e. The number of rotatable bonds is 4. The second-order valence-electron chi connectivity index (χ2n) is 3.21. The first kappa shape index (κ1) is 11.1. The lowest BCUT2D eigenvalue weighted by atomic mass is 10.1. The van der Waals surface area contributed by atoms with Crippen molar-refractivity contribution in [1.82, 2.24) is 5.32 Å². The average molecular weight is 206 g/mol. The smallest absolute Gasteiger partial charge is 0.331 e. The van der Waals surface area contributed by atoms with E-state index >= 15 is 0 Å². The fourth-order valence-corrected chi connectivity index (χ4v) is 1.25. The minimum atomic E-state index is -1.06. The standard InChI is InChI=1S/C11H14N2O2/c1-8(9-5-3-2-4-6-9)13-10(12)7-11(14)15/h2-8,13H,12H2,1H3,(H,14,15). The summed E-state index contributed by atoms with van der Waals surface area (Å²) >= 11 is 0. The van der Waals surface area contributed by atoms with E-state index in [9.17, 15) is 4.79 Å². The summed E-state index contributed by atoms with van der Waals surface area (Å²) in [5.74, 6) is -0.904. The quantitative estimate of drug-likeness (QED) is 0.647. The summed E-state index contributed by atoms with van der Waals surface area (Å²) in [4.78, 5) is 10.3. The van der Waals surface area contributed by atoms with Crippen LogP contribution in [0.2, 0.25) is 0 Å². The van der Waals surface area contributed by atoms with Crippen molar-refractivity contribution in [2.45, 2.75) is 13.0 Å². The molecular formula is C11H14N2O2. The first-order valence-corrected chi connectivity index (χ1v) is 4.61. The monoisotopic (exact) mass is 206 g/mol. The maximum atomic E-state index is 10.3. The zero-order valence-electron chi connectivity index (χ0n) is 8.47. The summed E-state index contributed by atoms with van der Waals surface area (Å²) in [7, 11) is 0. The number of nitrogens with two attached hydrogens (primary N) is 1. The fourth-order valence-electron chi connectivity index (χ4n) is 1.25. The van der Waals surface area contributed by atoms with Crippen LogP contribution in [-0.4, -0.2) is 11.1 Å². The van der Waals surface area contributed by atoms with Crippen LogP contribution in [0.3, 0.4) is 0 Å². The molecule has 1 aromatic carbocycles. The normalized spacial score (nSPS) is 13.3. The van der Waals surface area contributed by atoms with Crippen LogP contribution in [0.25, 0.3) is 0 Å². The van der Waals surface area contributed by atoms with Gasteiger partial charge in [-0.05, 0) is 12.5 Å². The van der Waals surface area contributed by atoms with Gasteiger partial charge in [-0.1, -0.05) is 30.3 Å². The van der Waals surface area contributed by atoms with Crippen molar-refractivity contribution in [3.63, 3.8) is 0 Å². The summed E-state index contributed by atoms with van der Waals surface area (Å²) < 4.78 is 0. The topological polar surface area (TPSA) is 75.3 Å². The zero-order chi connectivity index (χ0) is 11.3. The molecule has 0 aliphatic rings. The molecule has 0 aliphatic heterocycles. The average Bonchev–Trinajstić information content (AvgIpc) is 2.17. The molecule has 1 rings (SSSR count). The van der Waals surface area contributed by atoms with Gasteiger partial charge in [0.2, 0.25) is 0 Å². The minimum absolute atomic E-state index is 0.0122. The van der Waals surface area contributed by atoms with Gasteiger partial charge in [0.15, 0.2) is 0 Å². The van der Waals surface area contributed by atoms with Crippen molar-refractivity contribution < 1.29 is 9.90 Å². The molecule has 1 aromatic rings. The molecule has 1 atom stereocenters. The van der Waals surface area contributed by atoms with Crippen molar-refractivity contribution in [1.29, 1.82) is 0 Å². The molecule has 0 saturated carbocycles. The molecule has 4 nitrogen and oxygen atoms in total. The van der Waals surface area contributed by atoms with Gasteiger partial charge < -0.3 is 16.2 Å². The second kappa shape index (κ2) is 5.05. The SMILES string of the molecule is CC(NC(N)=CC(=O)O)c1ccccc1. The summed E-state index contributed by atoms with van der Waals surface area (Å²) in [5, 5.41) is 11.4. The Labute approximate surface area is 88.4 Å². The lowest BCUT2D eigenvalue weighted by Crippen LogP contribution is -2.24. The summed E-state index contributed by atoms with van der Waals surface area (Å²) in [5.41, 5.74) is 6.54. The van der Waals surface area contributed by atoms with E-state index in [1.807, 2.05) is 37.3 Å². The molecule has 15 heavy (non-hydrogen) atoms. The van der Waals surface area contributed by atoms with Crippen LogP contribution >= 0.6 is 0 Å². The summed E-state index contributed by atoms with van der Waals surface area (Å²) in [6.07, 6.45) is 0.944. The Balaban J connectivity index is 2.64. The van der Waals surface area contributed by atoms with Gasteiger partial charge in [-0.2, -0.15) is 0 Å². The van der Waals surface area contributed by atoms with Crippen LogP contribution in [-0.2, 0) is 4.79 Å². The molecule has 1 unspecified atom stereocenters. The van der Waals surface area contributed by atoms with Crippen LogP contribution in [0.5, 0.6) is 0 Å². The van der Waals surface area contributed by atoms with E-state index in [4.69, 9.17) is 10.8 Å². The Kier molecular flexibility index (Phi) is 3.74. The number of carboxylic acids is 1. The second-order valence-corrected chi connectivity index (χ2v) is 3.21. The Hall–Kier alpha value is -1.97. The maximum absolute atomic E-state index is 10.3. The number of carbonyl (C=O) groups is 1. The van der Waals surface area contributed by atoms with Gasteiger partial charge in [-0.25, -0.2) is 4.79 Å². The lowest BCUT2D eigenvalue weighted by molar-refractivity contribution is -0.131. The van der Waals surface area contributed by atoms with Gasteiger partial charge in [0.25, 0.3) is 0 Å². The fraction of sp³-hybridized carbons (Fsp3) is 0.182. The third-order valence-corrected chi connectivity index (χ3v) is 1.96. The van der Waals surface area contributed by atoms with Crippen molar-refractivity contribution in [2.24, 2.45) is 5.73 Å². The van der Waals surface area contributed by atoms with Gasteiger partial charge in [0.05, 0.1) is 6.08 Å². The van der Waals surface area contributed by atoms with Gasteiger partial charge in [-0.3, -0.25) is 0 Å². The van der Waals surface area contributed by atoms with Gasteiger partial charge >= 0.3 is 5.97 Å². The van der Waals surface area contributed by atoms with Crippen molar-refractivity contribution in [2.75, 3.05) is 0 Å². The molecule has 4 N–H and O–H groups in total. The Morgan fingerprint density at radius 3 is 2.60 bits per heavy atom. The first-order valence-electron chi connectivity index (χ1n) is 4.61. The molecule has 0 amide bonds. The van der Waals surface area contributed by atoms with Gasteiger partial charge in [-0.15, -0.1) is 0 Å². The van der Waals surface area contributed by atoms with Crippen molar-refractivity contribution in [3.05, 3.63) is 47.8 Å². The van der Waals surface area contributed by atoms with Crippen LogP contribution in [0.4, 0.5) is 0 Å². The molecule has 80 valence electrons. The summed E-state index contributed by atoms with van der Waals surface area (Å²) in [6, 6.07) is 9.65. The highest BCUT2D eigenvalue weighted by molar-refractivity contribution is 5.80. The maximum Gasteiger partial charge on any atom is 0.331 e. The number of nitrogens with one attached hydrogen (secondary N) is 1. The number of carboxylic acid groups (broad SMARTS) is 1. The van der Waals surface area contributed by atoms with Gasteiger partial charge in [0, 0.05) is 6.04 Å². The van der Waals surface area contributed by atoms with Crippen LogP contribution in [0, 0.1) is 0 Å². The van der Waals surface area contributed by atoms with E-state index in [0.717, 1.165) is 11.6 Å². The molecule has 0 spiro atoms. The van der Waals surface area contributed by atoms with E-state index in [2.05, 4.69) is 5.32 Å². The first-order chi connectivity index (χ1) is 7.09. The largest absolute Gasteiger partial charge is 0.478 e. The van der Waals surface area contributed by atoms with Gasteiger partial charge in [0.1, 0.15) is 5.82 Å². The van der Waals surface area contributed by atoms with Crippen LogP contribution in [0.15, 0.2) is 42.2 Å². The van der Waals surface area contributed by atoms with Crippen LogP contribution < -0.4 is 11.1 Å². The molecule has 0 aliphatic carbocycles. The third kappa shape index (κ3) is 3.72. The van der Waals surface area contributed by atoms with Crippen molar-refractivity contribution >= 4 is 5.97 Å². The number of benzene rings is 1. The Morgan fingerprint density at radius 1 is 1.47 bits per heavy atom. The lowest BCUT2D eigenvalue weighted by Gasteiger charge is -2.14. The predicted octanol–water partition coefficient (Wildman–Crippen LogP) is 1.22. The number of hydrogen-bond donors (Lipinski definition) is 3. The third-order valence-electron chi connectivity index (χ3n) is 1.96. The molecule has 4 heteroatoms. The highest BCUT2D eigenvalue weighted by atomic mass is 16.4. The molecule has 0 fully saturated rings.